The van der Waals surface area contributed by atoms with E-state index in [4.69, 9.17) is 12.2 Å². The third kappa shape index (κ3) is 4.04. The van der Waals surface area contributed by atoms with Gasteiger partial charge in [-0.1, -0.05) is 0 Å². The first-order valence-electron chi connectivity index (χ1n) is 7.10. The molecule has 0 fully saturated rings. The zero-order valence-corrected chi connectivity index (χ0v) is 13.7. The Bertz CT molecular complexity index is 613. The number of aromatic nitrogens is 4. The van der Waals surface area contributed by atoms with Crippen molar-refractivity contribution in [1.29, 1.82) is 0 Å². The number of nitrogens with zero attached hydrogens (tertiary/aromatic N) is 4. The zero-order valence-electron chi connectivity index (χ0n) is 12.9. The normalized spacial score (nSPS) is 10.9. The maximum Gasteiger partial charge on any atom is 0.171 e. The van der Waals surface area contributed by atoms with Gasteiger partial charge in [0.25, 0.3) is 0 Å². The monoisotopic (exact) mass is 306 g/mol. The van der Waals surface area contributed by atoms with Crippen LogP contribution in [0.5, 0.6) is 0 Å². The standard InChI is InChI=1S/C14H22N6S/c1-5-20-11(4)12(6-16-20)8-19-9-13(7-15-19)18-14(21)17-10(2)3/h6-7,9-10H,5,8H2,1-4H3,(H2,17,18,21). The predicted octanol–water partition coefficient (Wildman–Crippen LogP) is 2.15. The minimum absolute atomic E-state index is 0.308. The predicted molar refractivity (Wildman–Crippen MR) is 88.5 cm³/mol. The lowest BCUT2D eigenvalue weighted by Gasteiger charge is -2.11. The highest BCUT2D eigenvalue weighted by atomic mass is 32.1. The molecule has 0 saturated carbocycles. The second kappa shape index (κ2) is 6.71. The highest BCUT2D eigenvalue weighted by Crippen LogP contribution is 2.11. The molecule has 2 N–H and O–H groups in total. The largest absolute Gasteiger partial charge is 0.360 e. The maximum atomic E-state index is 5.22. The van der Waals surface area contributed by atoms with Crippen LogP contribution in [-0.2, 0) is 13.1 Å². The molecular weight excluding hydrogens is 284 g/mol. The smallest absolute Gasteiger partial charge is 0.171 e. The van der Waals surface area contributed by atoms with Gasteiger partial charge < -0.3 is 10.6 Å². The molecule has 0 amide bonds. The Morgan fingerprint density at radius 2 is 2.10 bits per heavy atom. The van der Waals surface area contributed by atoms with Crippen LogP contribution in [0.4, 0.5) is 5.69 Å². The molecule has 0 saturated heterocycles. The molecule has 6 nitrogen and oxygen atoms in total. The van der Waals surface area contributed by atoms with Gasteiger partial charge in [0.05, 0.1) is 24.6 Å². The van der Waals surface area contributed by atoms with Gasteiger partial charge in [-0.2, -0.15) is 10.2 Å². The Balaban J connectivity index is 1.99. The van der Waals surface area contributed by atoms with Gasteiger partial charge in [-0.25, -0.2) is 0 Å². The Hall–Kier alpha value is -1.89. The molecule has 0 unspecified atom stereocenters. The molecule has 0 atom stereocenters. The van der Waals surface area contributed by atoms with Crippen molar-refractivity contribution in [3.8, 4) is 0 Å². The van der Waals surface area contributed by atoms with Gasteiger partial charge >= 0.3 is 0 Å². The van der Waals surface area contributed by atoms with Crippen molar-refractivity contribution in [3.63, 3.8) is 0 Å². The van der Waals surface area contributed by atoms with E-state index in [0.29, 0.717) is 17.7 Å². The van der Waals surface area contributed by atoms with Crippen molar-refractivity contribution < 1.29 is 0 Å². The Morgan fingerprint density at radius 3 is 2.71 bits per heavy atom. The molecule has 2 rings (SSSR count). The van der Waals surface area contributed by atoms with Crippen LogP contribution in [0.15, 0.2) is 18.6 Å². The van der Waals surface area contributed by atoms with Crippen molar-refractivity contribution >= 4 is 23.0 Å². The lowest BCUT2D eigenvalue weighted by atomic mass is 10.2. The molecule has 0 aromatic carbocycles. The molecule has 2 heterocycles. The third-order valence-electron chi connectivity index (χ3n) is 3.15. The fourth-order valence-electron chi connectivity index (χ4n) is 2.08. The minimum atomic E-state index is 0.308. The Kier molecular flexibility index (Phi) is 4.95. The van der Waals surface area contributed by atoms with Crippen molar-refractivity contribution in [3.05, 3.63) is 29.8 Å². The van der Waals surface area contributed by atoms with Gasteiger partial charge in [0.15, 0.2) is 5.11 Å². The molecule has 0 spiro atoms. The first-order valence-corrected chi connectivity index (χ1v) is 7.51. The number of hydrogen-bond acceptors (Lipinski definition) is 3. The number of aryl methyl sites for hydroxylation is 1. The highest BCUT2D eigenvalue weighted by Gasteiger charge is 2.07. The van der Waals surface area contributed by atoms with Gasteiger partial charge in [-0.15, -0.1) is 0 Å². The summed E-state index contributed by atoms with van der Waals surface area (Å²) in [6.07, 6.45) is 5.61. The second-order valence-corrected chi connectivity index (χ2v) is 5.66. The van der Waals surface area contributed by atoms with Gasteiger partial charge in [-0.05, 0) is 39.9 Å². The first-order chi connectivity index (χ1) is 9.99. The molecule has 0 bridgehead atoms. The molecule has 2 aromatic heterocycles. The van der Waals surface area contributed by atoms with Gasteiger partial charge in [0, 0.05) is 30.0 Å². The number of rotatable bonds is 5. The van der Waals surface area contributed by atoms with Crippen LogP contribution in [0, 0.1) is 6.92 Å². The average molecular weight is 306 g/mol. The van der Waals surface area contributed by atoms with E-state index in [0.717, 1.165) is 12.2 Å². The highest BCUT2D eigenvalue weighted by molar-refractivity contribution is 7.80. The summed E-state index contributed by atoms with van der Waals surface area (Å²) in [6.45, 7) is 9.85. The second-order valence-electron chi connectivity index (χ2n) is 5.25. The number of hydrogen-bond donors (Lipinski definition) is 2. The number of thiocarbonyl (C=S) groups is 1. The Morgan fingerprint density at radius 1 is 1.33 bits per heavy atom. The lowest BCUT2D eigenvalue weighted by Crippen LogP contribution is -2.33. The fraction of sp³-hybridized carbons (Fsp3) is 0.500. The van der Waals surface area contributed by atoms with E-state index < -0.39 is 0 Å². The van der Waals surface area contributed by atoms with Gasteiger partial charge in [0.1, 0.15) is 0 Å². The first kappa shape index (κ1) is 15.5. The molecule has 0 aliphatic rings. The summed E-state index contributed by atoms with van der Waals surface area (Å²) < 4.78 is 3.87. The molecule has 7 heteroatoms. The summed E-state index contributed by atoms with van der Waals surface area (Å²) in [4.78, 5) is 0. The minimum Gasteiger partial charge on any atom is -0.360 e. The third-order valence-corrected chi connectivity index (χ3v) is 3.37. The number of anilines is 1. The van der Waals surface area contributed by atoms with Crippen LogP contribution in [0.25, 0.3) is 0 Å². The van der Waals surface area contributed by atoms with Crippen LogP contribution in [0.2, 0.25) is 0 Å². The van der Waals surface area contributed by atoms with Crippen LogP contribution in [-0.4, -0.2) is 30.7 Å². The number of nitrogens with one attached hydrogen (secondary N) is 2. The molecule has 0 aliphatic heterocycles. The van der Waals surface area contributed by atoms with E-state index in [1.165, 1.54) is 11.3 Å². The lowest BCUT2D eigenvalue weighted by molar-refractivity contribution is 0.633. The van der Waals surface area contributed by atoms with E-state index in [1.807, 2.05) is 35.6 Å². The van der Waals surface area contributed by atoms with Gasteiger partial charge in [0.2, 0.25) is 0 Å². The maximum absolute atomic E-state index is 5.22. The molecule has 21 heavy (non-hydrogen) atoms. The quantitative estimate of drug-likeness (QED) is 0.829. The molecule has 2 aromatic rings. The summed E-state index contributed by atoms with van der Waals surface area (Å²) in [5, 5.41) is 15.6. The van der Waals surface area contributed by atoms with Crippen LogP contribution < -0.4 is 10.6 Å². The summed E-state index contributed by atoms with van der Waals surface area (Å²) in [5.74, 6) is 0. The van der Waals surface area contributed by atoms with Crippen LogP contribution in [0.1, 0.15) is 32.0 Å². The summed E-state index contributed by atoms with van der Waals surface area (Å²) in [7, 11) is 0. The SMILES string of the molecule is CCn1ncc(Cn2cc(NC(=S)NC(C)C)cn2)c1C. The molecular formula is C14H22N6S. The zero-order chi connectivity index (χ0) is 15.4. The van der Waals surface area contributed by atoms with Gasteiger partial charge in [-0.3, -0.25) is 9.36 Å². The molecule has 0 aliphatic carbocycles. The van der Waals surface area contributed by atoms with Crippen LogP contribution in [0.3, 0.4) is 0 Å². The van der Waals surface area contributed by atoms with E-state index >= 15 is 0 Å². The van der Waals surface area contributed by atoms with E-state index in [-0.39, 0.29) is 0 Å². The average Bonchev–Trinajstić information content (AvgIpc) is 2.97. The van der Waals surface area contributed by atoms with E-state index in [2.05, 4.69) is 34.7 Å². The van der Waals surface area contributed by atoms with Crippen molar-refractivity contribution in [2.75, 3.05) is 5.32 Å². The Labute approximate surface area is 130 Å². The van der Waals surface area contributed by atoms with E-state index in [9.17, 15) is 0 Å². The van der Waals surface area contributed by atoms with E-state index in [1.54, 1.807) is 6.20 Å². The molecule has 114 valence electrons. The summed E-state index contributed by atoms with van der Waals surface area (Å²) in [5.41, 5.74) is 3.24. The van der Waals surface area contributed by atoms with Crippen molar-refractivity contribution in [2.24, 2.45) is 0 Å². The fourth-order valence-corrected chi connectivity index (χ4v) is 2.43. The van der Waals surface area contributed by atoms with Crippen molar-refractivity contribution in [2.45, 2.75) is 46.8 Å². The topological polar surface area (TPSA) is 59.7 Å². The molecule has 0 radical (unpaired) electrons. The summed E-state index contributed by atoms with van der Waals surface area (Å²) >= 11 is 5.22. The summed E-state index contributed by atoms with van der Waals surface area (Å²) in [6, 6.07) is 0.308. The van der Waals surface area contributed by atoms with Crippen molar-refractivity contribution in [1.82, 2.24) is 24.9 Å². The van der Waals surface area contributed by atoms with Crippen LogP contribution >= 0.6 is 12.2 Å².